The van der Waals surface area contributed by atoms with Gasteiger partial charge in [0.15, 0.2) is 0 Å². The zero-order chi connectivity index (χ0) is 9.40. The van der Waals surface area contributed by atoms with E-state index in [1.807, 2.05) is 0 Å². The summed E-state index contributed by atoms with van der Waals surface area (Å²) < 4.78 is 0. The van der Waals surface area contributed by atoms with Crippen molar-refractivity contribution in [1.29, 1.82) is 0 Å². The maximum atomic E-state index is 9.37. The van der Waals surface area contributed by atoms with Gasteiger partial charge in [0, 0.05) is 6.42 Å². The van der Waals surface area contributed by atoms with Gasteiger partial charge in [-0.25, -0.2) is 0 Å². The van der Waals surface area contributed by atoms with Gasteiger partial charge in [-0.2, -0.15) is 0 Å². The summed E-state index contributed by atoms with van der Waals surface area (Å²) in [7, 11) is 0. The fraction of sp³-hybridized carbons (Fsp3) is 0.889. The molecule has 0 aromatic carbocycles. The summed E-state index contributed by atoms with van der Waals surface area (Å²) in [4.78, 5) is 9.37. The summed E-state index contributed by atoms with van der Waals surface area (Å²) in [5.74, 6) is -0.745. The van der Waals surface area contributed by atoms with Crippen LogP contribution < -0.4 is 0 Å². The first-order valence-corrected chi connectivity index (χ1v) is 4.56. The van der Waals surface area contributed by atoms with E-state index < -0.39 is 5.97 Å². The summed E-state index contributed by atoms with van der Waals surface area (Å²) in [6, 6.07) is 0. The highest BCUT2D eigenvalue weighted by atomic mass is 16.4. The van der Waals surface area contributed by atoms with E-state index in [9.17, 15) is 4.79 Å². The van der Waals surface area contributed by atoms with E-state index in [1.54, 1.807) is 6.92 Å². The average molecular weight is 174 g/mol. The topological polar surface area (TPSA) is 57.5 Å². The standard InChI is InChI=1S/C6H12O.C3H6O2/c7-6-4-2-1-3-5-6;1-2-3(4)5/h6-7H,1-5H2;2H2,1H3,(H,4,5). The number of hydrogen-bond donors (Lipinski definition) is 2. The molecule has 2 N–H and O–H groups in total. The quantitative estimate of drug-likeness (QED) is 0.637. The number of aliphatic hydroxyl groups is 1. The SMILES string of the molecule is CCC(=O)O.OC1CCCCC1. The van der Waals surface area contributed by atoms with Crippen LogP contribution in [0.3, 0.4) is 0 Å². The molecule has 12 heavy (non-hydrogen) atoms. The van der Waals surface area contributed by atoms with E-state index in [1.165, 1.54) is 19.3 Å². The van der Waals surface area contributed by atoms with Gasteiger partial charge in [0.1, 0.15) is 0 Å². The van der Waals surface area contributed by atoms with Gasteiger partial charge in [0.05, 0.1) is 6.10 Å². The molecule has 1 rings (SSSR count). The Morgan fingerprint density at radius 2 is 1.75 bits per heavy atom. The van der Waals surface area contributed by atoms with Crippen molar-refractivity contribution in [3.63, 3.8) is 0 Å². The highest BCUT2D eigenvalue weighted by Gasteiger charge is 2.07. The third kappa shape index (κ3) is 7.54. The number of aliphatic carboxylic acids is 1. The second-order valence-corrected chi connectivity index (χ2v) is 3.04. The summed E-state index contributed by atoms with van der Waals surface area (Å²) in [5, 5.41) is 16.6. The summed E-state index contributed by atoms with van der Waals surface area (Å²) >= 11 is 0. The number of carboxylic acids is 1. The monoisotopic (exact) mass is 174 g/mol. The van der Waals surface area contributed by atoms with Crippen molar-refractivity contribution in [2.75, 3.05) is 0 Å². The van der Waals surface area contributed by atoms with E-state index in [2.05, 4.69) is 0 Å². The van der Waals surface area contributed by atoms with E-state index in [0.29, 0.717) is 0 Å². The lowest BCUT2D eigenvalue weighted by Gasteiger charge is -2.14. The van der Waals surface area contributed by atoms with E-state index in [0.717, 1.165) is 12.8 Å². The van der Waals surface area contributed by atoms with Crippen LogP contribution in [0.1, 0.15) is 45.4 Å². The van der Waals surface area contributed by atoms with Gasteiger partial charge in [0.25, 0.3) is 0 Å². The molecular weight excluding hydrogens is 156 g/mol. The van der Waals surface area contributed by atoms with Gasteiger partial charge in [-0.1, -0.05) is 26.2 Å². The van der Waals surface area contributed by atoms with Gasteiger partial charge in [0.2, 0.25) is 0 Å². The Morgan fingerprint density at radius 3 is 1.92 bits per heavy atom. The summed E-state index contributed by atoms with van der Waals surface area (Å²) in [6.07, 6.45) is 6.15. The third-order valence-electron chi connectivity index (χ3n) is 1.88. The van der Waals surface area contributed by atoms with Crippen LogP contribution in [0.25, 0.3) is 0 Å². The van der Waals surface area contributed by atoms with Crippen LogP contribution in [0.2, 0.25) is 0 Å². The Hall–Kier alpha value is -0.570. The minimum absolute atomic E-state index is 0.0359. The van der Waals surface area contributed by atoms with Gasteiger partial charge in [-0.05, 0) is 12.8 Å². The molecule has 0 heterocycles. The molecule has 0 radical (unpaired) electrons. The molecular formula is C9H18O3. The predicted molar refractivity (Wildman–Crippen MR) is 47.0 cm³/mol. The van der Waals surface area contributed by atoms with Crippen molar-refractivity contribution in [3.05, 3.63) is 0 Å². The van der Waals surface area contributed by atoms with Crippen molar-refractivity contribution in [1.82, 2.24) is 0 Å². The minimum atomic E-state index is -0.745. The van der Waals surface area contributed by atoms with Crippen LogP contribution in [0.5, 0.6) is 0 Å². The van der Waals surface area contributed by atoms with Crippen molar-refractivity contribution >= 4 is 5.97 Å². The molecule has 1 aliphatic rings. The van der Waals surface area contributed by atoms with Crippen LogP contribution in [-0.2, 0) is 4.79 Å². The van der Waals surface area contributed by atoms with Crippen molar-refractivity contribution in [2.45, 2.75) is 51.6 Å². The molecule has 1 saturated carbocycles. The molecule has 0 aromatic rings. The smallest absolute Gasteiger partial charge is 0.303 e. The summed E-state index contributed by atoms with van der Waals surface area (Å²) in [6.45, 7) is 1.60. The number of carbonyl (C=O) groups is 1. The van der Waals surface area contributed by atoms with E-state index in [4.69, 9.17) is 10.2 Å². The maximum absolute atomic E-state index is 9.37. The van der Waals surface area contributed by atoms with Crippen LogP contribution in [0.4, 0.5) is 0 Å². The van der Waals surface area contributed by atoms with Crippen molar-refractivity contribution in [2.24, 2.45) is 0 Å². The fourth-order valence-corrected chi connectivity index (χ4v) is 1.08. The molecule has 0 saturated heterocycles. The first-order chi connectivity index (χ1) is 5.66. The zero-order valence-corrected chi connectivity index (χ0v) is 7.62. The Labute approximate surface area is 73.4 Å². The minimum Gasteiger partial charge on any atom is -0.481 e. The van der Waals surface area contributed by atoms with E-state index in [-0.39, 0.29) is 12.5 Å². The van der Waals surface area contributed by atoms with Crippen LogP contribution in [0, 0.1) is 0 Å². The lowest BCUT2D eigenvalue weighted by Crippen LogP contribution is -2.09. The highest BCUT2D eigenvalue weighted by Crippen LogP contribution is 2.16. The number of hydrogen-bond acceptors (Lipinski definition) is 2. The maximum Gasteiger partial charge on any atom is 0.303 e. The molecule has 0 aromatic heterocycles. The molecule has 3 heteroatoms. The average Bonchev–Trinajstić information content (AvgIpc) is 2.07. The Balaban J connectivity index is 0.000000217. The molecule has 0 atom stereocenters. The largest absolute Gasteiger partial charge is 0.481 e. The van der Waals surface area contributed by atoms with Gasteiger partial charge in [-0.15, -0.1) is 0 Å². The number of carboxylic acid groups (broad SMARTS) is 1. The van der Waals surface area contributed by atoms with Gasteiger partial charge >= 0.3 is 5.97 Å². The second-order valence-electron chi connectivity index (χ2n) is 3.04. The predicted octanol–water partition coefficient (Wildman–Crippen LogP) is 1.79. The first kappa shape index (κ1) is 11.4. The van der Waals surface area contributed by atoms with Crippen LogP contribution in [-0.4, -0.2) is 22.3 Å². The Kier molecular flexibility index (Phi) is 6.76. The molecule has 3 nitrogen and oxygen atoms in total. The molecule has 0 unspecified atom stereocenters. The lowest BCUT2D eigenvalue weighted by atomic mass is 9.98. The zero-order valence-electron chi connectivity index (χ0n) is 7.62. The third-order valence-corrected chi connectivity index (χ3v) is 1.88. The van der Waals surface area contributed by atoms with Gasteiger partial charge < -0.3 is 10.2 Å². The molecule has 1 aliphatic carbocycles. The Morgan fingerprint density at radius 1 is 1.33 bits per heavy atom. The molecule has 0 bridgehead atoms. The highest BCUT2D eigenvalue weighted by molar-refractivity contribution is 5.66. The van der Waals surface area contributed by atoms with Crippen molar-refractivity contribution < 1.29 is 15.0 Å². The molecule has 0 aliphatic heterocycles. The lowest BCUT2D eigenvalue weighted by molar-refractivity contribution is -0.136. The first-order valence-electron chi connectivity index (χ1n) is 4.56. The van der Waals surface area contributed by atoms with Crippen molar-refractivity contribution in [3.8, 4) is 0 Å². The number of rotatable bonds is 1. The number of aliphatic hydroxyl groups excluding tert-OH is 1. The molecule has 0 amide bonds. The fourth-order valence-electron chi connectivity index (χ4n) is 1.08. The molecule has 1 fully saturated rings. The van der Waals surface area contributed by atoms with Gasteiger partial charge in [-0.3, -0.25) is 4.79 Å². The second kappa shape index (κ2) is 7.10. The molecule has 0 spiro atoms. The summed E-state index contributed by atoms with van der Waals surface area (Å²) in [5.41, 5.74) is 0. The van der Waals surface area contributed by atoms with Crippen LogP contribution >= 0.6 is 0 Å². The van der Waals surface area contributed by atoms with Crippen LogP contribution in [0.15, 0.2) is 0 Å². The normalized spacial score (nSPS) is 17.8. The van der Waals surface area contributed by atoms with E-state index >= 15 is 0 Å². The Bertz CT molecular complexity index is 117. The molecule has 72 valence electrons.